The molecule has 4 nitrogen and oxygen atoms in total. The Morgan fingerprint density at radius 2 is 1.59 bits per heavy atom. The van der Waals surface area contributed by atoms with E-state index in [0.29, 0.717) is 18.3 Å². The van der Waals surface area contributed by atoms with Crippen LogP contribution in [0.5, 0.6) is 5.75 Å². The number of morpholine rings is 1. The third-order valence-electron chi connectivity index (χ3n) is 6.36. The molecule has 32 heavy (non-hydrogen) atoms. The predicted molar refractivity (Wildman–Crippen MR) is 131 cm³/mol. The molecule has 0 bridgehead atoms. The molecule has 1 aliphatic heterocycles. The van der Waals surface area contributed by atoms with E-state index in [4.69, 9.17) is 9.47 Å². The summed E-state index contributed by atoms with van der Waals surface area (Å²) >= 11 is 0. The molecular formula is C28H41NO3. The van der Waals surface area contributed by atoms with Crippen molar-refractivity contribution in [2.45, 2.75) is 52.1 Å². The maximum atomic E-state index is 12.3. The molecule has 2 atom stereocenters. The van der Waals surface area contributed by atoms with Crippen LogP contribution in [0.1, 0.15) is 57.6 Å². The van der Waals surface area contributed by atoms with Gasteiger partial charge in [-0.05, 0) is 47.9 Å². The Bertz CT molecular complexity index is 784. The average molecular weight is 440 g/mol. The number of ether oxygens (including phenoxy) is 2. The van der Waals surface area contributed by atoms with Gasteiger partial charge in [-0.15, -0.1) is 0 Å². The second kappa shape index (κ2) is 11.8. The predicted octanol–water partition coefficient (Wildman–Crippen LogP) is 5.46. The van der Waals surface area contributed by atoms with Gasteiger partial charge in [0, 0.05) is 25.6 Å². The van der Waals surface area contributed by atoms with Crippen molar-refractivity contribution >= 4 is 0 Å². The summed E-state index contributed by atoms with van der Waals surface area (Å²) in [6.07, 6.45) is 1.74. The number of nitrogens with zero attached hydrogens (tertiary/aromatic N) is 1. The van der Waals surface area contributed by atoms with Gasteiger partial charge in [-0.25, -0.2) is 0 Å². The average Bonchev–Trinajstić information content (AvgIpc) is 2.78. The third kappa shape index (κ3) is 6.81. The maximum absolute atomic E-state index is 12.3. The Hall–Kier alpha value is -1.88. The van der Waals surface area contributed by atoms with Crippen molar-refractivity contribution in [3.05, 3.63) is 65.7 Å². The fourth-order valence-electron chi connectivity index (χ4n) is 4.60. The number of hydrogen-bond donors (Lipinski definition) is 1. The molecule has 4 heteroatoms. The van der Waals surface area contributed by atoms with Gasteiger partial charge in [0.15, 0.2) is 0 Å². The Morgan fingerprint density at radius 3 is 2.19 bits per heavy atom. The van der Waals surface area contributed by atoms with Crippen molar-refractivity contribution < 1.29 is 14.6 Å². The molecule has 0 aromatic heterocycles. The van der Waals surface area contributed by atoms with Gasteiger partial charge in [-0.1, -0.05) is 70.2 Å². The Labute approximate surface area is 194 Å². The van der Waals surface area contributed by atoms with E-state index >= 15 is 0 Å². The summed E-state index contributed by atoms with van der Waals surface area (Å²) in [7, 11) is 0. The standard InChI is InChI=1S/C28H41NO3/c1-22(2)14-17-32-26-12-10-25(11-13-26)28(30,20-23(3)4)27(24-8-6-5-7-9-24)21-29-15-18-31-19-16-29/h5-13,22-23,27,30H,14-21H2,1-4H3. The van der Waals surface area contributed by atoms with Crippen molar-refractivity contribution in [3.8, 4) is 5.75 Å². The quantitative estimate of drug-likeness (QED) is 0.505. The summed E-state index contributed by atoms with van der Waals surface area (Å²) in [5, 5.41) is 12.3. The van der Waals surface area contributed by atoms with Crippen LogP contribution in [0.25, 0.3) is 0 Å². The molecule has 1 saturated heterocycles. The third-order valence-corrected chi connectivity index (χ3v) is 6.36. The Balaban J connectivity index is 1.90. The lowest BCUT2D eigenvalue weighted by atomic mass is 9.72. The largest absolute Gasteiger partial charge is 0.494 e. The fraction of sp³-hybridized carbons (Fsp3) is 0.571. The molecule has 0 amide bonds. The molecular weight excluding hydrogens is 398 g/mol. The van der Waals surface area contributed by atoms with Crippen LogP contribution in [0, 0.1) is 11.8 Å². The van der Waals surface area contributed by atoms with E-state index in [0.717, 1.165) is 57.2 Å². The van der Waals surface area contributed by atoms with Gasteiger partial charge in [0.1, 0.15) is 5.75 Å². The van der Waals surface area contributed by atoms with Crippen LogP contribution in [0.4, 0.5) is 0 Å². The molecule has 1 N–H and O–H groups in total. The van der Waals surface area contributed by atoms with Gasteiger partial charge in [0.2, 0.25) is 0 Å². The second-order valence-electron chi connectivity index (χ2n) is 9.95. The zero-order chi connectivity index (χ0) is 23.0. The number of aliphatic hydroxyl groups is 1. The lowest BCUT2D eigenvalue weighted by Gasteiger charge is -2.42. The molecule has 1 heterocycles. The van der Waals surface area contributed by atoms with Crippen molar-refractivity contribution in [3.63, 3.8) is 0 Å². The van der Waals surface area contributed by atoms with Crippen molar-refractivity contribution in [1.82, 2.24) is 4.90 Å². The first kappa shape index (κ1) is 24.8. The number of rotatable bonds is 11. The highest BCUT2D eigenvalue weighted by molar-refractivity contribution is 5.35. The maximum Gasteiger partial charge on any atom is 0.119 e. The minimum atomic E-state index is -0.968. The van der Waals surface area contributed by atoms with Crippen molar-refractivity contribution in [2.24, 2.45) is 11.8 Å². The van der Waals surface area contributed by atoms with Gasteiger partial charge in [-0.3, -0.25) is 4.90 Å². The minimum absolute atomic E-state index is 0.0306. The van der Waals surface area contributed by atoms with E-state index in [1.54, 1.807) is 0 Å². The normalized spacial score (nSPS) is 18.0. The highest BCUT2D eigenvalue weighted by Gasteiger charge is 2.41. The minimum Gasteiger partial charge on any atom is -0.494 e. The zero-order valence-corrected chi connectivity index (χ0v) is 20.3. The molecule has 0 aliphatic carbocycles. The summed E-state index contributed by atoms with van der Waals surface area (Å²) in [5.41, 5.74) is 1.17. The SMILES string of the molecule is CC(C)CCOc1ccc(C(O)(CC(C)C)C(CN2CCOCC2)c2ccccc2)cc1. The Morgan fingerprint density at radius 1 is 0.938 bits per heavy atom. The van der Waals surface area contributed by atoms with Gasteiger partial charge in [0.25, 0.3) is 0 Å². The van der Waals surface area contributed by atoms with Crippen LogP contribution in [-0.2, 0) is 10.3 Å². The van der Waals surface area contributed by atoms with E-state index in [-0.39, 0.29) is 5.92 Å². The van der Waals surface area contributed by atoms with Crippen LogP contribution in [-0.4, -0.2) is 49.5 Å². The summed E-state index contributed by atoms with van der Waals surface area (Å²) in [5.74, 6) is 1.82. The van der Waals surface area contributed by atoms with E-state index in [1.165, 1.54) is 5.56 Å². The van der Waals surface area contributed by atoms with Gasteiger partial charge in [0.05, 0.1) is 25.4 Å². The lowest BCUT2D eigenvalue weighted by Crippen LogP contribution is -2.45. The molecule has 2 aromatic rings. The second-order valence-corrected chi connectivity index (χ2v) is 9.95. The monoisotopic (exact) mass is 439 g/mol. The summed E-state index contributed by atoms with van der Waals surface area (Å²) in [4.78, 5) is 2.43. The van der Waals surface area contributed by atoms with Crippen LogP contribution in [0.2, 0.25) is 0 Å². The molecule has 176 valence electrons. The van der Waals surface area contributed by atoms with Gasteiger partial charge >= 0.3 is 0 Å². The van der Waals surface area contributed by atoms with Crippen LogP contribution >= 0.6 is 0 Å². The first-order valence-electron chi connectivity index (χ1n) is 12.2. The summed E-state index contributed by atoms with van der Waals surface area (Å²) < 4.78 is 11.5. The molecule has 3 rings (SSSR count). The topological polar surface area (TPSA) is 41.9 Å². The van der Waals surface area contributed by atoms with Gasteiger partial charge < -0.3 is 14.6 Å². The van der Waals surface area contributed by atoms with E-state index < -0.39 is 5.60 Å². The van der Waals surface area contributed by atoms with Crippen LogP contribution in [0.15, 0.2) is 54.6 Å². The van der Waals surface area contributed by atoms with Crippen molar-refractivity contribution in [1.29, 1.82) is 0 Å². The molecule has 2 aromatic carbocycles. The molecule has 0 spiro atoms. The molecule has 1 fully saturated rings. The molecule has 0 saturated carbocycles. The van der Waals surface area contributed by atoms with E-state index in [1.807, 2.05) is 18.2 Å². The fourth-order valence-corrected chi connectivity index (χ4v) is 4.60. The first-order valence-corrected chi connectivity index (χ1v) is 12.2. The summed E-state index contributed by atoms with van der Waals surface area (Å²) in [6.45, 7) is 13.6. The highest BCUT2D eigenvalue weighted by Crippen LogP contribution is 2.43. The Kier molecular flexibility index (Phi) is 9.15. The highest BCUT2D eigenvalue weighted by atomic mass is 16.5. The van der Waals surface area contributed by atoms with E-state index in [2.05, 4.69) is 69.0 Å². The number of hydrogen-bond acceptors (Lipinski definition) is 4. The van der Waals surface area contributed by atoms with Crippen LogP contribution in [0.3, 0.4) is 0 Å². The zero-order valence-electron chi connectivity index (χ0n) is 20.3. The van der Waals surface area contributed by atoms with Crippen molar-refractivity contribution in [2.75, 3.05) is 39.5 Å². The van der Waals surface area contributed by atoms with Gasteiger partial charge in [-0.2, -0.15) is 0 Å². The molecule has 2 unspecified atom stereocenters. The summed E-state index contributed by atoms with van der Waals surface area (Å²) in [6, 6.07) is 18.6. The number of benzene rings is 2. The van der Waals surface area contributed by atoms with Crippen LogP contribution < -0.4 is 4.74 Å². The van der Waals surface area contributed by atoms with E-state index in [9.17, 15) is 5.11 Å². The molecule has 1 aliphatic rings. The smallest absolute Gasteiger partial charge is 0.119 e. The lowest BCUT2D eigenvalue weighted by molar-refractivity contribution is -0.0356. The first-order chi connectivity index (χ1) is 15.4. The molecule has 0 radical (unpaired) electrons.